The average Bonchev–Trinajstić information content (AvgIpc) is 3.93. The first-order valence-electron chi connectivity index (χ1n) is 21.5. The smallest absolute Gasteiger partial charge is 0.167 e. The molecular weight excluding hydrogens is 783 g/mol. The highest BCUT2D eigenvalue weighted by molar-refractivity contribution is 6.29. The van der Waals surface area contributed by atoms with E-state index in [9.17, 15) is 0 Å². The Kier molecular flexibility index (Phi) is 8.11. The summed E-state index contributed by atoms with van der Waals surface area (Å²) < 4.78 is 8.81. The van der Waals surface area contributed by atoms with E-state index in [1.54, 1.807) is 0 Å². The van der Waals surface area contributed by atoms with E-state index in [1.165, 1.54) is 21.7 Å². The van der Waals surface area contributed by atoms with Crippen molar-refractivity contribution in [2.75, 3.05) is 0 Å². The Morgan fingerprint density at radius 3 is 1.72 bits per heavy atom. The molecule has 0 bridgehead atoms. The zero-order valence-electron chi connectivity index (χ0n) is 34.4. The Labute approximate surface area is 367 Å². The lowest BCUT2D eigenvalue weighted by Crippen LogP contribution is -2.00. The number of nitrogens with zero attached hydrogens (tertiary/aromatic N) is 5. The highest BCUT2D eigenvalue weighted by atomic mass is 16.3. The summed E-state index contributed by atoms with van der Waals surface area (Å²) in [5.41, 5.74) is 12.8. The van der Waals surface area contributed by atoms with E-state index in [1.807, 2.05) is 60.7 Å². The summed E-state index contributed by atoms with van der Waals surface area (Å²) in [4.78, 5) is 20.6. The van der Waals surface area contributed by atoms with Crippen LogP contribution in [0.25, 0.3) is 128 Å². The molecule has 64 heavy (non-hydrogen) atoms. The van der Waals surface area contributed by atoms with Gasteiger partial charge in [0.2, 0.25) is 0 Å². The van der Waals surface area contributed by atoms with E-state index in [-0.39, 0.29) is 0 Å². The fraction of sp³-hybridized carbons (Fsp3) is 0. The van der Waals surface area contributed by atoms with Gasteiger partial charge in [0.1, 0.15) is 11.2 Å². The Bertz CT molecular complexity index is 3930. The van der Waals surface area contributed by atoms with Crippen molar-refractivity contribution in [1.29, 1.82) is 0 Å². The molecule has 298 valence electrons. The first-order valence-corrected chi connectivity index (χ1v) is 21.5. The Morgan fingerprint density at radius 1 is 0.344 bits per heavy atom. The van der Waals surface area contributed by atoms with Crippen LogP contribution in [0.1, 0.15) is 0 Å². The monoisotopic (exact) mass is 817 g/mol. The topological polar surface area (TPSA) is 69.6 Å². The molecule has 0 saturated heterocycles. The third-order valence-corrected chi connectivity index (χ3v) is 12.4. The predicted molar refractivity (Wildman–Crippen MR) is 261 cm³/mol. The van der Waals surface area contributed by atoms with Crippen LogP contribution in [-0.4, -0.2) is 24.5 Å². The normalized spacial score (nSPS) is 11.8. The molecule has 0 amide bonds. The van der Waals surface area contributed by atoms with Gasteiger partial charge in [-0.3, -0.25) is 0 Å². The van der Waals surface area contributed by atoms with Gasteiger partial charge in [0, 0.05) is 60.1 Å². The molecule has 9 aromatic carbocycles. The summed E-state index contributed by atoms with van der Waals surface area (Å²) in [6, 6.07) is 73.9. The van der Waals surface area contributed by atoms with Crippen LogP contribution >= 0.6 is 0 Å². The summed E-state index contributed by atoms with van der Waals surface area (Å²) >= 11 is 0. The number of benzene rings is 9. The molecule has 0 aliphatic heterocycles. The van der Waals surface area contributed by atoms with Gasteiger partial charge < -0.3 is 8.98 Å². The summed E-state index contributed by atoms with van der Waals surface area (Å²) in [6.45, 7) is 0. The van der Waals surface area contributed by atoms with Crippen molar-refractivity contribution in [1.82, 2.24) is 24.5 Å². The molecule has 0 spiro atoms. The number of para-hydroxylation sites is 4. The zero-order valence-corrected chi connectivity index (χ0v) is 34.4. The molecule has 4 heterocycles. The highest BCUT2D eigenvalue weighted by Crippen LogP contribution is 2.43. The molecule has 6 heteroatoms. The Morgan fingerprint density at radius 2 is 0.938 bits per heavy atom. The lowest BCUT2D eigenvalue weighted by Gasteiger charge is -2.14. The van der Waals surface area contributed by atoms with Gasteiger partial charge in [-0.25, -0.2) is 19.9 Å². The van der Waals surface area contributed by atoms with Crippen LogP contribution < -0.4 is 0 Å². The molecule has 13 rings (SSSR count). The van der Waals surface area contributed by atoms with Crippen LogP contribution in [-0.2, 0) is 0 Å². The van der Waals surface area contributed by atoms with Crippen LogP contribution in [0.5, 0.6) is 0 Å². The van der Waals surface area contributed by atoms with Gasteiger partial charge in [-0.15, -0.1) is 0 Å². The lowest BCUT2D eigenvalue weighted by atomic mass is 9.94. The Balaban J connectivity index is 0.966. The highest BCUT2D eigenvalue weighted by Gasteiger charge is 2.21. The van der Waals surface area contributed by atoms with Gasteiger partial charge in [0.25, 0.3) is 0 Å². The summed E-state index contributed by atoms with van der Waals surface area (Å²) in [7, 11) is 0. The van der Waals surface area contributed by atoms with Gasteiger partial charge in [-0.05, 0) is 53.6 Å². The molecule has 0 aliphatic rings. The second-order valence-corrected chi connectivity index (χ2v) is 16.2. The third-order valence-electron chi connectivity index (χ3n) is 12.4. The first kappa shape index (κ1) is 36.0. The zero-order chi connectivity index (χ0) is 42.1. The van der Waals surface area contributed by atoms with Crippen molar-refractivity contribution in [3.8, 4) is 62.2 Å². The lowest BCUT2D eigenvalue weighted by molar-refractivity contribution is 0.669. The van der Waals surface area contributed by atoms with Gasteiger partial charge in [0.15, 0.2) is 17.5 Å². The van der Waals surface area contributed by atoms with Crippen molar-refractivity contribution in [2.45, 2.75) is 0 Å². The quantitative estimate of drug-likeness (QED) is 0.156. The van der Waals surface area contributed by atoms with Crippen LogP contribution in [0.15, 0.2) is 217 Å². The third kappa shape index (κ3) is 5.73. The fourth-order valence-corrected chi connectivity index (χ4v) is 9.48. The first-order chi connectivity index (χ1) is 31.7. The van der Waals surface area contributed by atoms with Crippen LogP contribution in [0.2, 0.25) is 0 Å². The number of hydrogen-bond donors (Lipinski definition) is 0. The van der Waals surface area contributed by atoms with Crippen LogP contribution in [0, 0.1) is 0 Å². The van der Waals surface area contributed by atoms with Gasteiger partial charge >= 0.3 is 0 Å². The minimum Gasteiger partial charge on any atom is -0.455 e. The van der Waals surface area contributed by atoms with Gasteiger partial charge in [-0.1, -0.05) is 170 Å². The largest absolute Gasteiger partial charge is 0.455 e. The number of furan rings is 1. The number of aromatic nitrogens is 5. The summed E-state index contributed by atoms with van der Waals surface area (Å²) in [6.07, 6.45) is 0. The number of fused-ring (bicyclic) bond motifs is 10. The molecule has 0 fully saturated rings. The molecule has 0 aliphatic carbocycles. The van der Waals surface area contributed by atoms with Crippen molar-refractivity contribution in [3.63, 3.8) is 0 Å². The number of pyridine rings is 1. The van der Waals surface area contributed by atoms with E-state index >= 15 is 0 Å². The van der Waals surface area contributed by atoms with E-state index in [0.717, 1.165) is 88.5 Å². The average molecular weight is 818 g/mol. The second kappa shape index (κ2) is 14.4. The van der Waals surface area contributed by atoms with Crippen molar-refractivity contribution >= 4 is 65.4 Å². The molecule has 0 atom stereocenters. The van der Waals surface area contributed by atoms with Crippen molar-refractivity contribution < 1.29 is 4.42 Å². The number of rotatable bonds is 6. The minimum absolute atomic E-state index is 0.556. The molecule has 0 unspecified atom stereocenters. The maximum absolute atomic E-state index is 6.43. The van der Waals surface area contributed by atoms with E-state index < -0.39 is 0 Å². The van der Waals surface area contributed by atoms with Gasteiger partial charge in [-0.2, -0.15) is 0 Å². The number of hydrogen-bond acceptors (Lipinski definition) is 5. The molecule has 4 aromatic heterocycles. The minimum atomic E-state index is 0.556. The molecule has 6 nitrogen and oxygen atoms in total. The fourth-order valence-electron chi connectivity index (χ4n) is 9.48. The maximum atomic E-state index is 6.43. The van der Waals surface area contributed by atoms with Crippen molar-refractivity contribution in [2.24, 2.45) is 0 Å². The standard InChI is InChI=1S/C58H35N5O/c1-4-15-37(16-5-1)54-46-33-34-50-53(45-22-10-12-25-49(45)63(50)41-19-8-3-9-20-41)52(46)44-32-31-40(35-48(44)59-54)36-27-29-39(30-28-36)57-60-56(38-17-6-2-7-18-38)61-58(62-57)47-24-14-23-43-42-21-11-13-26-51(42)64-55(43)47/h1-35H. The van der Waals surface area contributed by atoms with E-state index in [2.05, 4.69) is 156 Å². The second-order valence-electron chi connectivity index (χ2n) is 16.2. The molecule has 0 radical (unpaired) electrons. The molecule has 13 aromatic rings. The maximum Gasteiger partial charge on any atom is 0.167 e. The van der Waals surface area contributed by atoms with Crippen molar-refractivity contribution in [3.05, 3.63) is 212 Å². The predicted octanol–water partition coefficient (Wildman–Crippen LogP) is 14.9. The van der Waals surface area contributed by atoms with Crippen LogP contribution in [0.3, 0.4) is 0 Å². The Hall–Kier alpha value is -8.74. The molecule has 0 saturated carbocycles. The molecule has 0 N–H and O–H groups in total. The summed E-state index contributed by atoms with van der Waals surface area (Å²) in [5.74, 6) is 1.74. The van der Waals surface area contributed by atoms with Crippen LogP contribution in [0.4, 0.5) is 0 Å². The molecular formula is C58H35N5O. The van der Waals surface area contributed by atoms with Gasteiger partial charge in [0.05, 0.1) is 27.8 Å². The van der Waals surface area contributed by atoms with E-state index in [4.69, 9.17) is 24.4 Å². The van der Waals surface area contributed by atoms with E-state index in [0.29, 0.717) is 17.5 Å². The summed E-state index contributed by atoms with van der Waals surface area (Å²) in [5, 5.41) is 7.96. The SMILES string of the molecule is c1ccc(-c2nc(-c3ccc(-c4ccc5c(c4)nc(-c4ccccc4)c4ccc6c(c7ccccc7n6-c6ccccc6)c45)cc3)nc(-c3cccc4c3oc3ccccc34)n2)cc1.